The van der Waals surface area contributed by atoms with Crippen LogP contribution in [0.25, 0.3) is 34.1 Å². The van der Waals surface area contributed by atoms with Crippen LogP contribution in [0.4, 0.5) is 5.95 Å². The minimum absolute atomic E-state index is 0.0764. The number of H-pyrrole nitrogens is 1. The first-order valence-electron chi connectivity index (χ1n) is 13.8. The Bertz CT molecular complexity index is 1680. The highest BCUT2D eigenvalue weighted by Crippen LogP contribution is 2.37. The zero-order valence-corrected chi connectivity index (χ0v) is 23.6. The van der Waals surface area contributed by atoms with Crippen molar-refractivity contribution in [1.82, 2.24) is 34.6 Å². The Hall–Kier alpha value is -4.13. The highest BCUT2D eigenvalue weighted by Gasteiger charge is 2.36. The Balaban J connectivity index is 1.57. The molecule has 1 aliphatic heterocycles. The molecule has 2 fully saturated rings. The van der Waals surface area contributed by atoms with Gasteiger partial charge in [0.1, 0.15) is 17.3 Å². The highest BCUT2D eigenvalue weighted by atomic mass is 35.5. The largest absolute Gasteiger partial charge is 0.439 e. The molecule has 6 rings (SSSR count). The number of halogens is 1. The number of nitrogens with zero attached hydrogens (tertiary/aromatic N) is 8. The molecule has 1 saturated heterocycles. The number of carbonyl (C=O) groups excluding carboxylic acids is 1. The molecule has 1 aliphatic carbocycles. The number of anilines is 1. The quantitative estimate of drug-likeness (QED) is 0.254. The smallest absolute Gasteiger partial charge is 0.387 e. The number of fused-ring (bicyclic) bond motifs is 1. The number of amidine groups is 1. The van der Waals surface area contributed by atoms with Crippen LogP contribution in [0, 0.1) is 11.8 Å². The third kappa shape index (κ3) is 5.45. The van der Waals surface area contributed by atoms with E-state index in [2.05, 4.69) is 31.6 Å². The summed E-state index contributed by atoms with van der Waals surface area (Å²) >= 11 is 6.35. The molecule has 214 valence electrons. The Morgan fingerprint density at radius 1 is 1.20 bits per heavy atom. The molecule has 1 saturated carbocycles. The van der Waals surface area contributed by atoms with E-state index in [4.69, 9.17) is 36.8 Å². The normalized spacial score (nSPS) is 21.6. The van der Waals surface area contributed by atoms with Gasteiger partial charge in [0.2, 0.25) is 17.6 Å². The second-order valence-corrected chi connectivity index (χ2v) is 11.4. The summed E-state index contributed by atoms with van der Waals surface area (Å²) < 4.78 is 6.85. The van der Waals surface area contributed by atoms with E-state index in [1.54, 1.807) is 25.4 Å². The number of nitrogens with one attached hydrogen (secondary N) is 1. The number of imidazole rings is 1. The molecule has 0 radical (unpaired) electrons. The average Bonchev–Trinajstić information content (AvgIpc) is 3.68. The van der Waals surface area contributed by atoms with Gasteiger partial charge in [0, 0.05) is 31.0 Å². The van der Waals surface area contributed by atoms with Gasteiger partial charge in [0.05, 0.1) is 10.9 Å². The molecule has 1 unspecified atom stereocenters. The van der Waals surface area contributed by atoms with Crippen LogP contribution in [0.5, 0.6) is 0 Å². The summed E-state index contributed by atoms with van der Waals surface area (Å²) in [5.41, 5.74) is 8.02. The molecule has 14 heteroatoms. The summed E-state index contributed by atoms with van der Waals surface area (Å²) in [5, 5.41) is 4.23. The zero-order chi connectivity index (χ0) is 28.7. The third-order valence-electron chi connectivity index (χ3n) is 7.87. The van der Waals surface area contributed by atoms with Crippen molar-refractivity contribution in [2.45, 2.75) is 65.0 Å². The van der Waals surface area contributed by atoms with E-state index in [0.29, 0.717) is 64.7 Å². The Morgan fingerprint density at radius 3 is 2.71 bits per heavy atom. The molecular weight excluding hydrogens is 548 g/mol. The number of carbonyl (C=O) groups is 1. The first-order valence-corrected chi connectivity index (χ1v) is 14.2. The average molecular weight is 579 g/mol. The van der Waals surface area contributed by atoms with Gasteiger partial charge in [-0.2, -0.15) is 9.98 Å². The molecule has 41 heavy (non-hydrogen) atoms. The van der Waals surface area contributed by atoms with Crippen molar-refractivity contribution in [3.8, 4) is 22.9 Å². The van der Waals surface area contributed by atoms with Crippen LogP contribution in [-0.4, -0.2) is 59.0 Å². The lowest BCUT2D eigenvalue weighted by Gasteiger charge is -2.29. The van der Waals surface area contributed by atoms with E-state index in [0.717, 1.165) is 32.1 Å². The molecule has 1 atom stereocenters. The molecule has 2 aliphatic rings. The maximum atomic E-state index is 13.1. The fourth-order valence-corrected chi connectivity index (χ4v) is 6.05. The summed E-state index contributed by atoms with van der Waals surface area (Å²) in [6.07, 6.45) is 9.16. The molecule has 13 nitrogen and oxygen atoms in total. The first kappa shape index (κ1) is 27.1. The first-order chi connectivity index (χ1) is 19.8. The number of aromatic amines is 1. The van der Waals surface area contributed by atoms with Crippen molar-refractivity contribution in [3.05, 3.63) is 34.0 Å². The number of pyridine rings is 1. The molecule has 4 aromatic heterocycles. The van der Waals surface area contributed by atoms with Gasteiger partial charge in [-0.05, 0) is 50.5 Å². The highest BCUT2D eigenvalue weighted by molar-refractivity contribution is 6.30. The molecule has 0 bridgehead atoms. The Morgan fingerprint density at radius 2 is 2.00 bits per heavy atom. The van der Waals surface area contributed by atoms with E-state index < -0.39 is 11.8 Å². The third-order valence-corrected chi connectivity index (χ3v) is 8.08. The van der Waals surface area contributed by atoms with Gasteiger partial charge in [-0.15, -0.1) is 0 Å². The number of hydrogen-bond acceptors (Lipinski definition) is 9. The summed E-state index contributed by atoms with van der Waals surface area (Å²) in [5.74, 6) is 1.16. The number of rotatable bonds is 6. The lowest BCUT2D eigenvalue weighted by atomic mass is 9.83. The predicted octanol–water partition coefficient (Wildman–Crippen LogP) is 3.58. The van der Waals surface area contributed by atoms with Crippen molar-refractivity contribution in [2.75, 3.05) is 11.4 Å². The van der Waals surface area contributed by atoms with Crippen LogP contribution >= 0.6 is 11.6 Å². The molecule has 1 amide bonds. The van der Waals surface area contributed by atoms with Crippen LogP contribution in [0.1, 0.15) is 52.4 Å². The van der Waals surface area contributed by atoms with Crippen molar-refractivity contribution in [3.63, 3.8) is 0 Å². The SMILES string of the molecule is CC(N)=NC(=O)C1CCCN1c1nc2nc(-c3noc(=O)[nH]3)nc(-c3cncc(Cl)c3)c2n1CC1CCC(C)CC1. The number of hydrogen-bond donors (Lipinski definition) is 2. The Kier molecular flexibility index (Phi) is 7.28. The van der Waals surface area contributed by atoms with Gasteiger partial charge in [-0.25, -0.2) is 14.8 Å². The van der Waals surface area contributed by atoms with Crippen LogP contribution in [0.2, 0.25) is 5.02 Å². The lowest BCUT2D eigenvalue weighted by molar-refractivity contribution is -0.118. The van der Waals surface area contributed by atoms with Crippen molar-refractivity contribution >= 4 is 40.5 Å². The molecule has 5 heterocycles. The summed E-state index contributed by atoms with van der Waals surface area (Å²) in [6.45, 7) is 5.21. The molecule has 3 N–H and O–H groups in total. The second-order valence-electron chi connectivity index (χ2n) is 11.0. The van der Waals surface area contributed by atoms with E-state index in [-0.39, 0.29) is 23.4 Å². The number of aliphatic imine (C=N–C) groups is 1. The number of nitrogens with two attached hydrogens (primary N) is 1. The number of amides is 1. The van der Waals surface area contributed by atoms with Gasteiger partial charge in [-0.1, -0.05) is 36.5 Å². The molecule has 0 aromatic carbocycles. The molecular formula is C27H31ClN10O3. The van der Waals surface area contributed by atoms with E-state index in [9.17, 15) is 9.59 Å². The van der Waals surface area contributed by atoms with Crippen LogP contribution < -0.4 is 16.4 Å². The standard InChI is InChI=1S/C27H31ClN10O3/c1-14-5-7-16(8-6-14)13-38-21-20(17-10-18(28)12-30-11-17)32-23(24-35-27(40)41-36-24)33-22(21)34-26(38)37-9-3-4-19(37)25(39)31-15(2)29/h10-12,14,16,19H,3-9,13H2,1-2H3,(H2,29,31,39)(H,35,36,40). The number of aromatic nitrogens is 7. The summed E-state index contributed by atoms with van der Waals surface area (Å²) in [6, 6.07) is 1.28. The van der Waals surface area contributed by atoms with Crippen LogP contribution in [-0.2, 0) is 11.3 Å². The summed E-state index contributed by atoms with van der Waals surface area (Å²) in [7, 11) is 0. The fourth-order valence-electron chi connectivity index (χ4n) is 5.87. The van der Waals surface area contributed by atoms with Crippen LogP contribution in [0.15, 0.2) is 32.8 Å². The van der Waals surface area contributed by atoms with E-state index in [1.807, 2.05) is 4.90 Å². The summed E-state index contributed by atoms with van der Waals surface area (Å²) in [4.78, 5) is 52.2. The minimum atomic E-state index is -0.721. The Labute approximate surface area is 240 Å². The van der Waals surface area contributed by atoms with Gasteiger partial charge >= 0.3 is 5.76 Å². The molecule has 4 aromatic rings. The van der Waals surface area contributed by atoms with E-state index in [1.165, 1.54) is 0 Å². The van der Waals surface area contributed by atoms with Gasteiger partial charge in [0.15, 0.2) is 5.65 Å². The van der Waals surface area contributed by atoms with E-state index >= 15 is 0 Å². The monoisotopic (exact) mass is 578 g/mol. The predicted molar refractivity (Wildman–Crippen MR) is 153 cm³/mol. The van der Waals surface area contributed by atoms with Gasteiger partial charge in [0.25, 0.3) is 5.91 Å². The second kappa shape index (κ2) is 11.0. The zero-order valence-electron chi connectivity index (χ0n) is 22.9. The topological polar surface area (TPSA) is 174 Å². The van der Waals surface area contributed by atoms with Crippen LogP contribution in [0.3, 0.4) is 0 Å². The molecule has 0 spiro atoms. The van der Waals surface area contributed by atoms with Crippen molar-refractivity contribution in [1.29, 1.82) is 0 Å². The van der Waals surface area contributed by atoms with Gasteiger partial charge in [-0.3, -0.25) is 19.3 Å². The fraction of sp³-hybridized carbons (Fsp3) is 0.481. The van der Waals surface area contributed by atoms with Gasteiger partial charge < -0.3 is 15.2 Å². The minimum Gasteiger partial charge on any atom is -0.387 e. The van der Waals surface area contributed by atoms with Crippen molar-refractivity contribution < 1.29 is 9.32 Å². The maximum absolute atomic E-state index is 13.1. The lowest BCUT2D eigenvalue weighted by Crippen LogP contribution is -2.38. The maximum Gasteiger partial charge on any atom is 0.439 e. The van der Waals surface area contributed by atoms with Crippen molar-refractivity contribution in [2.24, 2.45) is 22.6 Å².